The van der Waals surface area contributed by atoms with E-state index in [9.17, 15) is 9.59 Å². The number of fused-ring (bicyclic) bond motifs is 2. The van der Waals surface area contributed by atoms with E-state index in [1.165, 1.54) is 22.9 Å². The number of thioether (sulfide) groups is 1. The minimum Gasteiger partial charge on any atom is -0.353 e. The summed E-state index contributed by atoms with van der Waals surface area (Å²) in [7, 11) is 0. The Morgan fingerprint density at radius 1 is 1.26 bits per heavy atom. The number of nitrogens with zero attached hydrogens (tertiary/aromatic N) is 4. The van der Waals surface area contributed by atoms with Crippen LogP contribution in [-0.2, 0) is 24.3 Å². The zero-order valence-electron chi connectivity index (χ0n) is 18.4. The van der Waals surface area contributed by atoms with Crippen molar-refractivity contribution in [2.45, 2.75) is 70.6 Å². The average molecular weight is 440 g/mol. The summed E-state index contributed by atoms with van der Waals surface area (Å²) in [5, 5.41) is 9.62. The van der Waals surface area contributed by atoms with E-state index in [4.69, 9.17) is 4.98 Å². The maximum absolute atomic E-state index is 12.6. The largest absolute Gasteiger partial charge is 0.353 e. The van der Waals surface area contributed by atoms with Crippen molar-refractivity contribution in [1.82, 2.24) is 24.6 Å². The van der Waals surface area contributed by atoms with Gasteiger partial charge in [-0.2, -0.15) is 5.10 Å². The highest BCUT2D eigenvalue weighted by Gasteiger charge is 2.22. The number of aromatic nitrogens is 4. The number of hydrogen-bond donors (Lipinski definition) is 1. The van der Waals surface area contributed by atoms with Crippen LogP contribution < -0.4 is 11.0 Å². The molecule has 0 bridgehead atoms. The molecule has 1 aliphatic rings. The number of aryl methyl sites for hydroxylation is 4. The van der Waals surface area contributed by atoms with E-state index >= 15 is 0 Å². The summed E-state index contributed by atoms with van der Waals surface area (Å²) in [6.07, 6.45) is 3.13. The minimum absolute atomic E-state index is 0.00129. The molecule has 1 aliphatic heterocycles. The van der Waals surface area contributed by atoms with Gasteiger partial charge >= 0.3 is 5.69 Å². The fourth-order valence-electron chi connectivity index (χ4n) is 4.09. The standard InChI is InChI=1S/C23H29N5O2S/c1-4-10-28-23(30)27-11-9-17(6-8-20(27)26-28)24-21(29)14-31-22-13-16(3)18-12-15(2)5-7-19(18)25-22/h5,7,12-13,17H,4,6,8-11,14H2,1-3H3,(H,24,29). The Labute approximate surface area is 186 Å². The Hall–Kier alpha value is -2.61. The summed E-state index contributed by atoms with van der Waals surface area (Å²) in [6, 6.07) is 8.34. The Morgan fingerprint density at radius 3 is 2.90 bits per heavy atom. The smallest absolute Gasteiger partial charge is 0.345 e. The Balaban J connectivity index is 1.34. The first kappa shape index (κ1) is 21.6. The van der Waals surface area contributed by atoms with Gasteiger partial charge in [-0.25, -0.2) is 14.5 Å². The van der Waals surface area contributed by atoms with Crippen LogP contribution in [0.1, 0.15) is 43.1 Å². The first-order valence-electron chi connectivity index (χ1n) is 10.9. The second-order valence-electron chi connectivity index (χ2n) is 8.25. The minimum atomic E-state index is -0.0349. The molecule has 164 valence electrons. The summed E-state index contributed by atoms with van der Waals surface area (Å²) in [4.78, 5) is 29.7. The van der Waals surface area contributed by atoms with Crippen molar-refractivity contribution in [2.24, 2.45) is 0 Å². The molecule has 0 spiro atoms. The van der Waals surface area contributed by atoms with Gasteiger partial charge in [-0.1, -0.05) is 30.3 Å². The molecule has 3 aromatic rings. The number of amides is 1. The van der Waals surface area contributed by atoms with Gasteiger partial charge in [-0.15, -0.1) is 0 Å². The Bertz CT molecular complexity index is 1170. The number of nitrogens with one attached hydrogen (secondary N) is 1. The number of hydrogen-bond acceptors (Lipinski definition) is 5. The normalized spacial score (nSPS) is 16.2. The predicted molar refractivity (Wildman–Crippen MR) is 124 cm³/mol. The van der Waals surface area contributed by atoms with Crippen molar-refractivity contribution >= 4 is 28.6 Å². The molecule has 31 heavy (non-hydrogen) atoms. The van der Waals surface area contributed by atoms with Crippen molar-refractivity contribution in [2.75, 3.05) is 5.75 Å². The van der Waals surface area contributed by atoms with Crippen molar-refractivity contribution in [3.05, 3.63) is 51.7 Å². The van der Waals surface area contributed by atoms with Crippen LogP contribution in [0.2, 0.25) is 0 Å². The maximum atomic E-state index is 12.6. The lowest BCUT2D eigenvalue weighted by molar-refractivity contribution is -0.119. The van der Waals surface area contributed by atoms with Crippen LogP contribution in [-0.4, -0.2) is 37.0 Å². The van der Waals surface area contributed by atoms with Gasteiger partial charge in [0.1, 0.15) is 5.82 Å². The molecule has 1 aromatic carbocycles. The summed E-state index contributed by atoms with van der Waals surface area (Å²) >= 11 is 1.46. The summed E-state index contributed by atoms with van der Waals surface area (Å²) in [5.74, 6) is 1.16. The highest BCUT2D eigenvalue weighted by Crippen LogP contribution is 2.24. The van der Waals surface area contributed by atoms with E-state index in [2.05, 4.69) is 36.4 Å². The molecule has 1 N–H and O–H groups in total. The van der Waals surface area contributed by atoms with Crippen LogP contribution in [0.3, 0.4) is 0 Å². The zero-order valence-corrected chi connectivity index (χ0v) is 19.2. The van der Waals surface area contributed by atoms with Crippen LogP contribution in [0.4, 0.5) is 0 Å². The molecule has 0 aliphatic carbocycles. The molecule has 8 heteroatoms. The quantitative estimate of drug-likeness (QED) is 0.597. The topological polar surface area (TPSA) is 81.8 Å². The van der Waals surface area contributed by atoms with Gasteiger partial charge in [-0.05, 0) is 56.9 Å². The van der Waals surface area contributed by atoms with Gasteiger partial charge in [0.15, 0.2) is 0 Å². The van der Waals surface area contributed by atoms with E-state index in [0.717, 1.165) is 41.0 Å². The lowest BCUT2D eigenvalue weighted by atomic mass is 10.1. The first-order chi connectivity index (χ1) is 14.9. The Kier molecular flexibility index (Phi) is 6.46. The van der Waals surface area contributed by atoms with Crippen LogP contribution in [0, 0.1) is 13.8 Å². The van der Waals surface area contributed by atoms with E-state index in [0.29, 0.717) is 25.3 Å². The van der Waals surface area contributed by atoms with Crippen molar-refractivity contribution in [1.29, 1.82) is 0 Å². The molecule has 2 aromatic heterocycles. The van der Waals surface area contributed by atoms with Crippen LogP contribution in [0.25, 0.3) is 10.9 Å². The van der Waals surface area contributed by atoms with Crippen LogP contribution in [0.5, 0.6) is 0 Å². The molecule has 0 saturated carbocycles. The molecule has 7 nitrogen and oxygen atoms in total. The molecule has 4 rings (SSSR count). The van der Waals surface area contributed by atoms with Crippen molar-refractivity contribution < 1.29 is 4.79 Å². The molecule has 0 saturated heterocycles. The summed E-state index contributed by atoms with van der Waals surface area (Å²) in [5.41, 5.74) is 3.31. The van der Waals surface area contributed by atoms with Gasteiger partial charge in [0.2, 0.25) is 5.91 Å². The fourth-order valence-corrected chi connectivity index (χ4v) is 4.88. The average Bonchev–Trinajstić information content (AvgIpc) is 2.90. The molecule has 0 fully saturated rings. The lowest BCUT2D eigenvalue weighted by Gasteiger charge is -2.16. The van der Waals surface area contributed by atoms with E-state index in [-0.39, 0.29) is 17.6 Å². The van der Waals surface area contributed by atoms with Gasteiger partial charge < -0.3 is 5.32 Å². The van der Waals surface area contributed by atoms with E-state index < -0.39 is 0 Å². The van der Waals surface area contributed by atoms with Crippen molar-refractivity contribution in [3.63, 3.8) is 0 Å². The third-order valence-corrected chi connectivity index (χ3v) is 6.63. The number of carbonyl (C=O) groups is 1. The zero-order chi connectivity index (χ0) is 22.0. The second kappa shape index (κ2) is 9.26. The molecular formula is C23H29N5O2S. The first-order valence-corrected chi connectivity index (χ1v) is 11.9. The summed E-state index contributed by atoms with van der Waals surface area (Å²) in [6.45, 7) is 7.44. The molecular weight excluding hydrogens is 410 g/mol. The van der Waals surface area contributed by atoms with E-state index in [1.54, 1.807) is 9.25 Å². The maximum Gasteiger partial charge on any atom is 0.345 e. The van der Waals surface area contributed by atoms with Crippen molar-refractivity contribution in [3.8, 4) is 0 Å². The van der Waals surface area contributed by atoms with Gasteiger partial charge in [0.25, 0.3) is 0 Å². The van der Waals surface area contributed by atoms with Crippen LogP contribution in [0.15, 0.2) is 34.1 Å². The monoisotopic (exact) mass is 439 g/mol. The molecule has 1 atom stereocenters. The third-order valence-electron chi connectivity index (χ3n) is 5.72. The molecule has 3 heterocycles. The fraction of sp³-hybridized carbons (Fsp3) is 0.478. The SMILES string of the molecule is CCCn1nc2n(c1=O)CCC(NC(=O)CSc1cc(C)c3cc(C)ccc3n1)CC2. The van der Waals surface area contributed by atoms with Crippen LogP contribution >= 0.6 is 11.8 Å². The summed E-state index contributed by atoms with van der Waals surface area (Å²) < 4.78 is 3.32. The number of carbonyl (C=O) groups excluding carboxylic acids is 1. The van der Waals surface area contributed by atoms with E-state index in [1.807, 2.05) is 19.1 Å². The lowest BCUT2D eigenvalue weighted by Crippen LogP contribution is -2.36. The number of benzene rings is 1. The third kappa shape index (κ3) is 4.84. The highest BCUT2D eigenvalue weighted by atomic mass is 32.2. The molecule has 1 unspecified atom stereocenters. The number of pyridine rings is 1. The molecule has 1 amide bonds. The Morgan fingerprint density at radius 2 is 2.10 bits per heavy atom. The predicted octanol–water partition coefficient (Wildman–Crippen LogP) is 3.23. The van der Waals surface area contributed by atoms with Gasteiger partial charge in [0.05, 0.1) is 16.3 Å². The molecule has 0 radical (unpaired) electrons. The van der Waals surface area contributed by atoms with Gasteiger partial charge in [0, 0.05) is 30.9 Å². The van der Waals surface area contributed by atoms with Gasteiger partial charge in [-0.3, -0.25) is 9.36 Å². The second-order valence-corrected chi connectivity index (χ2v) is 9.25. The number of rotatable bonds is 6. The highest BCUT2D eigenvalue weighted by molar-refractivity contribution is 7.99.